The molecule has 8 nitrogen and oxygen atoms in total. The van der Waals surface area contributed by atoms with Crippen LogP contribution in [0.15, 0.2) is 12.3 Å². The number of aromatic amines is 1. The highest BCUT2D eigenvalue weighted by Gasteiger charge is 2.43. The zero-order valence-corrected chi connectivity index (χ0v) is 14.1. The third-order valence-corrected chi connectivity index (χ3v) is 5.04. The summed E-state index contributed by atoms with van der Waals surface area (Å²) >= 11 is 0. The number of hydrogen-bond donors (Lipinski definition) is 3. The third kappa shape index (κ3) is 3.28. The van der Waals surface area contributed by atoms with E-state index in [-0.39, 0.29) is 30.5 Å². The molecule has 2 aliphatic rings. The molecule has 0 saturated carbocycles. The van der Waals surface area contributed by atoms with Gasteiger partial charge in [-0.15, -0.1) is 0 Å². The number of halogens is 3. The molecule has 2 aromatic rings. The monoisotopic (exact) mass is 382 g/mol. The molecule has 11 heteroatoms. The number of H-pyrrole nitrogens is 1. The molecule has 27 heavy (non-hydrogen) atoms. The fraction of sp³-hybridized carbons (Fsp3) is 0.500. The molecule has 0 fully saturated rings. The minimum Gasteiger partial charge on any atom is -0.339 e. The highest BCUT2D eigenvalue weighted by atomic mass is 19.4. The summed E-state index contributed by atoms with van der Waals surface area (Å²) in [7, 11) is 0. The maximum absolute atomic E-state index is 13.1. The van der Waals surface area contributed by atoms with E-state index in [1.165, 1.54) is 0 Å². The van der Waals surface area contributed by atoms with Crippen molar-refractivity contribution >= 4 is 17.6 Å². The molecule has 0 saturated heterocycles. The van der Waals surface area contributed by atoms with Crippen LogP contribution in [0.1, 0.15) is 34.6 Å². The lowest BCUT2D eigenvalue weighted by atomic mass is 9.86. The van der Waals surface area contributed by atoms with Gasteiger partial charge < -0.3 is 10.6 Å². The molecule has 3 heterocycles. The van der Waals surface area contributed by atoms with Gasteiger partial charge in [0.1, 0.15) is 11.9 Å². The zero-order chi connectivity index (χ0) is 19.2. The molecule has 144 valence electrons. The normalized spacial score (nSPS) is 22.4. The standard InChI is InChI=1S/C16H17F3N6O2/c17-16(18,19)8-1-2-10-9(7-8)13(24-23-10)15(27)21-11-4-6-25-12(3-5-20-25)22-14(11)26/h3,5,8,11H,1-2,4,6-7H2,(H,21,27)(H,22,26)(H,23,24)/t8-,11-/m0/s1. The van der Waals surface area contributed by atoms with Crippen LogP contribution in [0.25, 0.3) is 0 Å². The van der Waals surface area contributed by atoms with Gasteiger partial charge in [0.05, 0.1) is 12.1 Å². The van der Waals surface area contributed by atoms with Crippen LogP contribution in [0.5, 0.6) is 0 Å². The van der Waals surface area contributed by atoms with Crippen molar-refractivity contribution in [1.82, 2.24) is 25.3 Å². The number of anilines is 1. The number of aryl methyl sites for hydroxylation is 2. The summed E-state index contributed by atoms with van der Waals surface area (Å²) in [5, 5.41) is 15.9. The van der Waals surface area contributed by atoms with Crippen LogP contribution in [0.3, 0.4) is 0 Å². The van der Waals surface area contributed by atoms with E-state index >= 15 is 0 Å². The van der Waals surface area contributed by atoms with E-state index in [1.807, 2.05) is 0 Å². The lowest BCUT2D eigenvalue weighted by Gasteiger charge is -2.24. The van der Waals surface area contributed by atoms with E-state index in [0.717, 1.165) is 0 Å². The summed E-state index contributed by atoms with van der Waals surface area (Å²) in [5.41, 5.74) is 0.753. The first kappa shape index (κ1) is 17.6. The smallest absolute Gasteiger partial charge is 0.339 e. The fourth-order valence-electron chi connectivity index (χ4n) is 3.54. The Bertz CT molecular complexity index is 887. The van der Waals surface area contributed by atoms with Crippen LogP contribution in [-0.2, 0) is 24.2 Å². The number of nitrogens with zero attached hydrogens (tertiary/aromatic N) is 3. The number of carbonyl (C=O) groups excluding carboxylic acids is 2. The minimum atomic E-state index is -4.32. The highest BCUT2D eigenvalue weighted by molar-refractivity contribution is 6.01. The summed E-state index contributed by atoms with van der Waals surface area (Å²) in [6.07, 6.45) is -2.58. The number of fused-ring (bicyclic) bond motifs is 2. The molecule has 2 aromatic heterocycles. The van der Waals surface area contributed by atoms with Crippen molar-refractivity contribution in [2.45, 2.75) is 44.4 Å². The van der Waals surface area contributed by atoms with Crippen LogP contribution < -0.4 is 10.6 Å². The summed E-state index contributed by atoms with van der Waals surface area (Å²) in [6.45, 7) is 0.418. The van der Waals surface area contributed by atoms with Crippen LogP contribution in [0, 0.1) is 5.92 Å². The Hall–Kier alpha value is -2.85. The van der Waals surface area contributed by atoms with Crippen LogP contribution in [0.4, 0.5) is 19.0 Å². The van der Waals surface area contributed by atoms with Gasteiger partial charge >= 0.3 is 6.18 Å². The number of rotatable bonds is 2. The number of carbonyl (C=O) groups is 2. The number of hydrogen-bond acceptors (Lipinski definition) is 4. The van der Waals surface area contributed by atoms with Crippen molar-refractivity contribution in [2.24, 2.45) is 5.92 Å². The Balaban J connectivity index is 1.49. The highest BCUT2D eigenvalue weighted by Crippen LogP contribution is 2.37. The third-order valence-electron chi connectivity index (χ3n) is 5.04. The Labute approximate surface area is 151 Å². The van der Waals surface area contributed by atoms with Crippen molar-refractivity contribution in [3.8, 4) is 0 Å². The van der Waals surface area contributed by atoms with E-state index < -0.39 is 30.0 Å². The molecule has 0 bridgehead atoms. The van der Waals surface area contributed by atoms with Gasteiger partial charge in [-0.25, -0.2) is 4.68 Å². The van der Waals surface area contributed by atoms with E-state index in [4.69, 9.17) is 0 Å². The van der Waals surface area contributed by atoms with Gasteiger partial charge in [0.2, 0.25) is 5.91 Å². The molecule has 2 atom stereocenters. The molecule has 2 amide bonds. The SMILES string of the molecule is O=C(N[C@H]1CCn2nccc2NC1=O)c1n[nH]c2c1C[C@@H](C(F)(F)F)CC2. The summed E-state index contributed by atoms with van der Waals surface area (Å²) in [6, 6.07) is 0.817. The van der Waals surface area contributed by atoms with Gasteiger partial charge in [-0.2, -0.15) is 23.4 Å². The maximum Gasteiger partial charge on any atom is 0.392 e. The molecular weight excluding hydrogens is 365 g/mol. The molecule has 4 rings (SSSR count). The predicted molar refractivity (Wildman–Crippen MR) is 86.9 cm³/mol. The maximum atomic E-state index is 13.1. The van der Waals surface area contributed by atoms with Crippen molar-refractivity contribution < 1.29 is 22.8 Å². The summed E-state index contributed by atoms with van der Waals surface area (Å²) in [4.78, 5) is 24.9. The molecule has 0 radical (unpaired) electrons. The lowest BCUT2D eigenvalue weighted by molar-refractivity contribution is -0.177. The van der Waals surface area contributed by atoms with Crippen LogP contribution in [-0.4, -0.2) is 44.0 Å². The van der Waals surface area contributed by atoms with Crippen molar-refractivity contribution in [1.29, 1.82) is 0 Å². The number of nitrogens with one attached hydrogen (secondary N) is 3. The molecule has 1 aliphatic heterocycles. The Morgan fingerprint density at radius 2 is 2.15 bits per heavy atom. The van der Waals surface area contributed by atoms with Gasteiger partial charge in [0.15, 0.2) is 5.69 Å². The van der Waals surface area contributed by atoms with Gasteiger partial charge in [-0.3, -0.25) is 14.7 Å². The number of aromatic nitrogens is 4. The second kappa shape index (κ2) is 6.39. The number of amides is 2. The summed E-state index contributed by atoms with van der Waals surface area (Å²) in [5.74, 6) is -2.02. The quantitative estimate of drug-likeness (QED) is 0.731. The minimum absolute atomic E-state index is 0.0315. The zero-order valence-electron chi connectivity index (χ0n) is 14.1. The predicted octanol–water partition coefficient (Wildman–Crippen LogP) is 1.41. The van der Waals surface area contributed by atoms with Gasteiger partial charge in [0, 0.05) is 23.9 Å². The van der Waals surface area contributed by atoms with E-state index in [9.17, 15) is 22.8 Å². The van der Waals surface area contributed by atoms with E-state index in [1.54, 1.807) is 16.9 Å². The van der Waals surface area contributed by atoms with Gasteiger partial charge in [0.25, 0.3) is 5.91 Å². The first-order valence-corrected chi connectivity index (χ1v) is 8.59. The topological polar surface area (TPSA) is 105 Å². The summed E-state index contributed by atoms with van der Waals surface area (Å²) < 4.78 is 40.8. The molecule has 3 N–H and O–H groups in total. The van der Waals surface area contributed by atoms with E-state index in [0.29, 0.717) is 24.5 Å². The largest absolute Gasteiger partial charge is 0.392 e. The van der Waals surface area contributed by atoms with Crippen molar-refractivity contribution in [3.63, 3.8) is 0 Å². The fourth-order valence-corrected chi connectivity index (χ4v) is 3.54. The second-order valence-corrected chi connectivity index (χ2v) is 6.75. The second-order valence-electron chi connectivity index (χ2n) is 6.75. The Morgan fingerprint density at radius 3 is 2.93 bits per heavy atom. The molecule has 0 spiro atoms. The first-order valence-electron chi connectivity index (χ1n) is 8.59. The van der Waals surface area contributed by atoms with Gasteiger partial charge in [-0.05, 0) is 25.7 Å². The lowest BCUT2D eigenvalue weighted by Crippen LogP contribution is -2.43. The average molecular weight is 382 g/mol. The van der Waals surface area contributed by atoms with Gasteiger partial charge in [-0.1, -0.05) is 0 Å². The van der Waals surface area contributed by atoms with E-state index in [2.05, 4.69) is 25.9 Å². The Morgan fingerprint density at radius 1 is 1.33 bits per heavy atom. The van der Waals surface area contributed by atoms with Crippen molar-refractivity contribution in [2.75, 3.05) is 5.32 Å². The first-order chi connectivity index (χ1) is 12.8. The molecular formula is C16H17F3N6O2. The average Bonchev–Trinajstić information content (AvgIpc) is 3.20. The Kier molecular flexibility index (Phi) is 4.16. The molecule has 1 aliphatic carbocycles. The molecule has 0 unspecified atom stereocenters. The van der Waals surface area contributed by atoms with Crippen LogP contribution in [0.2, 0.25) is 0 Å². The number of alkyl halides is 3. The van der Waals surface area contributed by atoms with Crippen molar-refractivity contribution in [3.05, 3.63) is 29.2 Å². The molecule has 0 aromatic carbocycles. The van der Waals surface area contributed by atoms with Crippen LogP contribution >= 0.6 is 0 Å².